The van der Waals surface area contributed by atoms with Crippen LogP contribution in [0.3, 0.4) is 0 Å². The Morgan fingerprint density at radius 3 is 2.47 bits per heavy atom. The first-order valence-electron chi connectivity index (χ1n) is 5.79. The van der Waals surface area contributed by atoms with Gasteiger partial charge in [-0.2, -0.15) is 0 Å². The fourth-order valence-corrected chi connectivity index (χ4v) is 3.47. The number of hydrogen-bond acceptors (Lipinski definition) is 1. The summed E-state index contributed by atoms with van der Waals surface area (Å²) < 4.78 is 6.17. The Morgan fingerprint density at radius 2 is 1.80 bits per heavy atom. The van der Waals surface area contributed by atoms with Crippen LogP contribution in [-0.2, 0) is 17.3 Å². The van der Waals surface area contributed by atoms with Crippen molar-refractivity contribution in [1.82, 2.24) is 0 Å². The summed E-state index contributed by atoms with van der Waals surface area (Å²) in [6.45, 7) is 6.81. The van der Waals surface area contributed by atoms with E-state index in [1.807, 2.05) is 0 Å². The van der Waals surface area contributed by atoms with E-state index in [1.165, 1.54) is 24.0 Å². The third-order valence-corrected chi connectivity index (χ3v) is 3.86. The average Bonchev–Trinajstić information content (AvgIpc) is 2.15. The van der Waals surface area contributed by atoms with Gasteiger partial charge in [-0.25, -0.2) is 0 Å². The summed E-state index contributed by atoms with van der Waals surface area (Å²) >= 11 is 0. The molecule has 15 heavy (non-hydrogen) atoms. The Labute approximate surface area is 93.6 Å². The van der Waals surface area contributed by atoms with Gasteiger partial charge < -0.3 is 4.43 Å². The van der Waals surface area contributed by atoms with E-state index in [4.69, 9.17) is 4.43 Å². The first kappa shape index (κ1) is 10.9. The van der Waals surface area contributed by atoms with Crippen LogP contribution in [0.15, 0.2) is 24.3 Å². The van der Waals surface area contributed by atoms with Crippen LogP contribution in [0.1, 0.15) is 17.5 Å². The summed E-state index contributed by atoms with van der Waals surface area (Å²) in [7, 11) is -1.37. The molecule has 0 saturated heterocycles. The lowest BCUT2D eigenvalue weighted by Crippen LogP contribution is -2.35. The third kappa shape index (κ3) is 2.92. The first-order chi connectivity index (χ1) is 7.04. The molecule has 0 spiro atoms. The highest BCUT2D eigenvalue weighted by Gasteiger charge is 2.24. The monoisotopic (exact) mass is 220 g/mol. The molecule has 1 aliphatic carbocycles. The maximum atomic E-state index is 6.17. The highest BCUT2D eigenvalue weighted by molar-refractivity contribution is 6.69. The Balaban J connectivity index is 2.06. The van der Waals surface area contributed by atoms with Crippen molar-refractivity contribution in [3.63, 3.8) is 0 Å². The Bertz CT molecular complexity index is 341. The van der Waals surface area contributed by atoms with Gasteiger partial charge >= 0.3 is 0 Å². The van der Waals surface area contributed by atoms with Gasteiger partial charge in [0.1, 0.15) is 0 Å². The van der Waals surface area contributed by atoms with Crippen LogP contribution >= 0.6 is 0 Å². The van der Waals surface area contributed by atoms with Crippen molar-refractivity contribution in [2.75, 3.05) is 0 Å². The Morgan fingerprint density at radius 1 is 1.13 bits per heavy atom. The van der Waals surface area contributed by atoms with Crippen LogP contribution in [0.2, 0.25) is 19.6 Å². The van der Waals surface area contributed by atoms with Gasteiger partial charge in [0.05, 0.1) is 0 Å². The average molecular weight is 220 g/mol. The van der Waals surface area contributed by atoms with Crippen molar-refractivity contribution in [3.8, 4) is 0 Å². The van der Waals surface area contributed by atoms with Gasteiger partial charge in [0.15, 0.2) is 8.32 Å². The molecule has 1 nitrogen and oxygen atoms in total. The van der Waals surface area contributed by atoms with Crippen LogP contribution in [0.25, 0.3) is 0 Å². The molecule has 1 aromatic rings. The highest BCUT2D eigenvalue weighted by atomic mass is 28.4. The van der Waals surface area contributed by atoms with E-state index in [0.29, 0.717) is 6.10 Å². The molecule has 1 aliphatic rings. The first-order valence-corrected chi connectivity index (χ1v) is 9.20. The molecule has 2 heteroatoms. The molecule has 82 valence electrons. The summed E-state index contributed by atoms with van der Waals surface area (Å²) in [6.07, 6.45) is 3.96. The van der Waals surface area contributed by atoms with Gasteiger partial charge in [-0.15, -0.1) is 0 Å². The van der Waals surface area contributed by atoms with Crippen LogP contribution in [0.5, 0.6) is 0 Å². The van der Waals surface area contributed by atoms with Gasteiger partial charge in [0.25, 0.3) is 0 Å². The minimum Gasteiger partial charge on any atom is -0.414 e. The molecule has 0 heterocycles. The lowest BCUT2D eigenvalue weighted by Gasteiger charge is -2.30. The van der Waals surface area contributed by atoms with Gasteiger partial charge in [-0.3, -0.25) is 0 Å². The van der Waals surface area contributed by atoms with E-state index >= 15 is 0 Å². The highest BCUT2D eigenvalue weighted by Crippen LogP contribution is 2.24. The number of fused-ring (bicyclic) bond motifs is 1. The molecule has 2 rings (SSSR count). The van der Waals surface area contributed by atoms with Crippen molar-refractivity contribution in [1.29, 1.82) is 0 Å². The van der Waals surface area contributed by atoms with Gasteiger partial charge in [0, 0.05) is 6.10 Å². The van der Waals surface area contributed by atoms with Crippen LogP contribution in [-0.4, -0.2) is 14.4 Å². The molecule has 0 radical (unpaired) electrons. The van der Waals surface area contributed by atoms with Crippen molar-refractivity contribution in [3.05, 3.63) is 35.4 Å². The second-order valence-electron chi connectivity index (χ2n) is 5.36. The zero-order chi connectivity index (χ0) is 10.9. The fraction of sp³-hybridized carbons (Fsp3) is 0.538. The molecule has 0 aliphatic heterocycles. The zero-order valence-electron chi connectivity index (χ0n) is 9.92. The molecule has 1 aromatic carbocycles. The van der Waals surface area contributed by atoms with Crippen LogP contribution in [0, 0.1) is 0 Å². The Hall–Kier alpha value is -0.603. The summed E-state index contributed by atoms with van der Waals surface area (Å²) in [4.78, 5) is 0. The van der Waals surface area contributed by atoms with Gasteiger partial charge in [0.2, 0.25) is 0 Å². The molecule has 1 atom stereocenters. The van der Waals surface area contributed by atoms with E-state index in [9.17, 15) is 0 Å². The summed E-state index contributed by atoms with van der Waals surface area (Å²) in [5, 5.41) is 0. The van der Waals surface area contributed by atoms with Crippen molar-refractivity contribution in [2.24, 2.45) is 0 Å². The molecule has 0 amide bonds. The van der Waals surface area contributed by atoms with E-state index in [2.05, 4.69) is 43.9 Å². The van der Waals surface area contributed by atoms with Crippen LogP contribution in [0.4, 0.5) is 0 Å². The molecule has 0 fully saturated rings. The molecular weight excluding hydrogens is 200 g/mol. The van der Waals surface area contributed by atoms with Crippen molar-refractivity contribution in [2.45, 2.75) is 45.0 Å². The maximum Gasteiger partial charge on any atom is 0.184 e. The minimum atomic E-state index is -1.37. The van der Waals surface area contributed by atoms with Crippen molar-refractivity contribution < 1.29 is 4.43 Å². The summed E-state index contributed by atoms with van der Waals surface area (Å²) in [6, 6.07) is 8.77. The zero-order valence-corrected chi connectivity index (χ0v) is 10.9. The van der Waals surface area contributed by atoms with E-state index < -0.39 is 8.32 Å². The predicted octanol–water partition coefficient (Wildman–Crippen LogP) is 3.40. The van der Waals surface area contributed by atoms with E-state index in [0.717, 1.165) is 6.42 Å². The normalized spacial score (nSPS) is 21.1. The quantitative estimate of drug-likeness (QED) is 0.694. The lowest BCUT2D eigenvalue weighted by atomic mass is 9.90. The largest absolute Gasteiger partial charge is 0.414 e. The lowest BCUT2D eigenvalue weighted by molar-refractivity contribution is 0.177. The summed E-state index contributed by atoms with van der Waals surface area (Å²) in [5.74, 6) is 0. The van der Waals surface area contributed by atoms with Crippen LogP contribution < -0.4 is 0 Å². The number of aryl methyl sites for hydroxylation is 1. The molecule has 0 bridgehead atoms. The SMILES string of the molecule is C[Si](C)(C)OC1CCc2ccccc2C1. The minimum absolute atomic E-state index is 0.464. The predicted molar refractivity (Wildman–Crippen MR) is 66.7 cm³/mol. The van der Waals surface area contributed by atoms with Crippen molar-refractivity contribution >= 4 is 8.32 Å². The number of benzene rings is 1. The third-order valence-electron chi connectivity index (χ3n) is 2.82. The Kier molecular flexibility index (Phi) is 2.98. The number of hydrogen-bond donors (Lipinski definition) is 0. The van der Waals surface area contributed by atoms with Gasteiger partial charge in [-0.1, -0.05) is 24.3 Å². The molecule has 0 aromatic heterocycles. The smallest absolute Gasteiger partial charge is 0.184 e. The maximum absolute atomic E-state index is 6.17. The topological polar surface area (TPSA) is 9.23 Å². The molecule has 0 N–H and O–H groups in total. The second-order valence-corrected chi connectivity index (χ2v) is 9.82. The molecular formula is C13H20OSi. The standard InChI is InChI=1S/C13H20OSi/c1-15(2,3)14-13-9-8-11-6-4-5-7-12(11)10-13/h4-7,13H,8-10H2,1-3H3. The van der Waals surface area contributed by atoms with Gasteiger partial charge in [-0.05, 0) is 50.0 Å². The number of rotatable bonds is 2. The van der Waals surface area contributed by atoms with E-state index in [1.54, 1.807) is 0 Å². The summed E-state index contributed by atoms with van der Waals surface area (Å²) in [5.41, 5.74) is 3.01. The second kappa shape index (κ2) is 4.10. The van der Waals surface area contributed by atoms with E-state index in [-0.39, 0.29) is 0 Å². The molecule has 0 saturated carbocycles. The fourth-order valence-electron chi connectivity index (χ4n) is 2.26. The molecule has 1 unspecified atom stereocenters.